The first kappa shape index (κ1) is 27.7. The molecule has 1 amide bonds. The molecular formula is C34H57NO2. The highest BCUT2D eigenvalue weighted by Crippen LogP contribution is 2.75. The lowest BCUT2D eigenvalue weighted by molar-refractivity contribution is -0.200. The molecule has 4 saturated carbocycles. The number of carbonyl (C=O) groups excluding carboxylic acids is 1. The van der Waals surface area contributed by atoms with Crippen molar-refractivity contribution in [1.29, 1.82) is 0 Å². The Bertz CT molecular complexity index is 949. The van der Waals surface area contributed by atoms with Gasteiger partial charge in [-0.2, -0.15) is 0 Å². The minimum Gasteiger partial charge on any atom is -0.393 e. The molecule has 0 aromatic carbocycles. The van der Waals surface area contributed by atoms with Crippen LogP contribution in [0.25, 0.3) is 0 Å². The second-order valence-electron chi connectivity index (χ2n) is 15.8. The van der Waals surface area contributed by atoms with E-state index in [0.29, 0.717) is 35.5 Å². The van der Waals surface area contributed by atoms with Gasteiger partial charge >= 0.3 is 0 Å². The minimum absolute atomic E-state index is 0.138. The predicted octanol–water partition coefficient (Wildman–Crippen LogP) is 7.87. The van der Waals surface area contributed by atoms with Gasteiger partial charge in [0.15, 0.2) is 0 Å². The fourth-order valence-electron chi connectivity index (χ4n) is 11.9. The molecule has 10 atom stereocenters. The van der Waals surface area contributed by atoms with Gasteiger partial charge in [0, 0.05) is 13.1 Å². The number of aliphatic hydroxyl groups excluding tert-OH is 1. The lowest BCUT2D eigenvalue weighted by Crippen LogP contribution is -2.65. The molecule has 0 radical (unpaired) electrons. The quantitative estimate of drug-likeness (QED) is 0.392. The molecule has 0 bridgehead atoms. The van der Waals surface area contributed by atoms with Crippen LogP contribution in [-0.2, 0) is 4.79 Å². The molecule has 1 unspecified atom stereocenters. The monoisotopic (exact) mass is 511 g/mol. The highest BCUT2D eigenvalue weighted by molar-refractivity contribution is 5.84. The molecule has 37 heavy (non-hydrogen) atoms. The van der Waals surface area contributed by atoms with Crippen molar-refractivity contribution in [2.45, 2.75) is 126 Å². The smallest absolute Gasteiger partial charge is 0.229 e. The van der Waals surface area contributed by atoms with E-state index in [0.717, 1.165) is 51.6 Å². The van der Waals surface area contributed by atoms with Crippen LogP contribution in [0.2, 0.25) is 0 Å². The Morgan fingerprint density at radius 3 is 2.27 bits per heavy atom. The van der Waals surface area contributed by atoms with Gasteiger partial charge in [-0.25, -0.2) is 0 Å². The van der Waals surface area contributed by atoms with Crippen molar-refractivity contribution in [3.05, 3.63) is 11.6 Å². The van der Waals surface area contributed by atoms with Crippen molar-refractivity contribution in [1.82, 2.24) is 4.90 Å². The highest BCUT2D eigenvalue weighted by atomic mass is 16.3. The van der Waals surface area contributed by atoms with Crippen LogP contribution in [0.5, 0.6) is 0 Å². The molecule has 4 fully saturated rings. The van der Waals surface area contributed by atoms with Crippen LogP contribution in [-0.4, -0.2) is 35.1 Å². The summed E-state index contributed by atoms with van der Waals surface area (Å²) in [7, 11) is 0. The summed E-state index contributed by atoms with van der Waals surface area (Å²) in [5.74, 6) is 3.31. The summed E-state index contributed by atoms with van der Waals surface area (Å²) in [5, 5.41) is 11.1. The van der Waals surface area contributed by atoms with Crippen molar-refractivity contribution in [2.75, 3.05) is 13.1 Å². The average molecular weight is 512 g/mol. The summed E-state index contributed by atoms with van der Waals surface area (Å²) in [6, 6.07) is 0. The number of hydrogen-bond donors (Lipinski definition) is 1. The van der Waals surface area contributed by atoms with E-state index in [9.17, 15) is 9.90 Å². The number of fused-ring (bicyclic) bond motifs is 7. The zero-order valence-corrected chi connectivity index (χ0v) is 25.6. The van der Waals surface area contributed by atoms with Gasteiger partial charge in [0.2, 0.25) is 5.91 Å². The largest absolute Gasteiger partial charge is 0.393 e. The maximum Gasteiger partial charge on any atom is 0.229 e. The van der Waals surface area contributed by atoms with Gasteiger partial charge in [0.25, 0.3) is 0 Å². The Labute approximate surface area is 228 Å². The molecule has 0 aromatic heterocycles. The number of amides is 1. The summed E-state index contributed by atoms with van der Waals surface area (Å²) in [4.78, 5) is 16.5. The standard InChI is InChI=1S/C34H57NO2/c1-10-35(11-2)29(37)34-17-14-22(3)23(4)28(34)25-12-13-27-31(7)21-24(36)20-30(5,6)26(31)15-16-33(27,9)32(25,8)18-19-34/h12,22-24,26-28,36H,10-11,13-21H2,1-9H3/t22-,23+,24?,26+,27-,28+,31+,32-,33-,34+/m1/s1. The molecule has 5 aliphatic rings. The van der Waals surface area contributed by atoms with Gasteiger partial charge in [-0.1, -0.05) is 60.1 Å². The number of allylic oxidation sites excluding steroid dienone is 2. The fraction of sp³-hybridized carbons (Fsp3) is 0.912. The molecule has 1 N–H and O–H groups in total. The Morgan fingerprint density at radius 2 is 1.62 bits per heavy atom. The topological polar surface area (TPSA) is 40.5 Å². The van der Waals surface area contributed by atoms with Crippen molar-refractivity contribution < 1.29 is 9.90 Å². The van der Waals surface area contributed by atoms with Crippen molar-refractivity contribution in [3.8, 4) is 0 Å². The first-order valence-electron chi connectivity index (χ1n) is 15.9. The maximum absolute atomic E-state index is 14.3. The van der Waals surface area contributed by atoms with Crippen molar-refractivity contribution in [2.24, 2.45) is 56.7 Å². The molecule has 3 heteroatoms. The molecule has 0 spiro atoms. The lowest BCUT2D eigenvalue weighted by Gasteiger charge is -2.71. The Hall–Kier alpha value is -0.830. The highest BCUT2D eigenvalue weighted by Gasteiger charge is 2.69. The molecule has 0 saturated heterocycles. The second-order valence-corrected chi connectivity index (χ2v) is 15.8. The van der Waals surface area contributed by atoms with Crippen LogP contribution < -0.4 is 0 Å². The molecule has 5 rings (SSSR count). The minimum atomic E-state index is -0.212. The van der Waals surface area contributed by atoms with Crippen LogP contribution in [0.1, 0.15) is 120 Å². The molecule has 0 heterocycles. The van der Waals surface area contributed by atoms with Crippen LogP contribution in [0.15, 0.2) is 11.6 Å². The van der Waals surface area contributed by atoms with E-state index < -0.39 is 0 Å². The molecule has 5 aliphatic carbocycles. The summed E-state index contributed by atoms with van der Waals surface area (Å²) in [5.41, 5.74) is 2.19. The summed E-state index contributed by atoms with van der Waals surface area (Å²) >= 11 is 0. The average Bonchev–Trinajstić information content (AvgIpc) is 2.81. The number of rotatable bonds is 3. The molecule has 0 aliphatic heterocycles. The van der Waals surface area contributed by atoms with E-state index in [2.05, 4.69) is 73.3 Å². The van der Waals surface area contributed by atoms with Gasteiger partial charge < -0.3 is 10.0 Å². The number of nitrogens with zero attached hydrogens (tertiary/aromatic N) is 1. The summed E-state index contributed by atoms with van der Waals surface area (Å²) in [6.45, 7) is 23.5. The van der Waals surface area contributed by atoms with E-state index in [4.69, 9.17) is 0 Å². The lowest BCUT2D eigenvalue weighted by atomic mass is 9.33. The van der Waals surface area contributed by atoms with E-state index in [1.807, 2.05) is 0 Å². The van der Waals surface area contributed by atoms with Crippen molar-refractivity contribution >= 4 is 5.91 Å². The molecule has 210 valence electrons. The summed E-state index contributed by atoms with van der Waals surface area (Å²) in [6.07, 6.45) is 12.5. The first-order chi connectivity index (χ1) is 17.2. The zero-order chi connectivity index (χ0) is 27.2. The third-order valence-corrected chi connectivity index (χ3v) is 14.1. The third-order valence-electron chi connectivity index (χ3n) is 14.1. The zero-order valence-electron chi connectivity index (χ0n) is 25.6. The second kappa shape index (κ2) is 8.84. The van der Waals surface area contributed by atoms with Gasteiger partial charge in [-0.3, -0.25) is 4.79 Å². The number of hydrogen-bond acceptors (Lipinski definition) is 2. The van der Waals surface area contributed by atoms with Crippen LogP contribution in [0, 0.1) is 56.7 Å². The van der Waals surface area contributed by atoms with Gasteiger partial charge in [0.1, 0.15) is 0 Å². The Morgan fingerprint density at radius 1 is 0.946 bits per heavy atom. The Kier molecular flexibility index (Phi) is 6.62. The number of carbonyl (C=O) groups is 1. The summed E-state index contributed by atoms with van der Waals surface area (Å²) < 4.78 is 0. The molecular weight excluding hydrogens is 454 g/mol. The first-order valence-corrected chi connectivity index (χ1v) is 15.9. The molecule has 3 nitrogen and oxygen atoms in total. The SMILES string of the molecule is CCN(CC)C(=O)[C@]12CC[C@@H](C)[C@H](C)[C@H]1C1=CC[C@@H]3[C@@]4(C)CC(O)CC(C)(C)[C@@H]4CC[C@@]3(C)[C@]1(C)CC2. The van der Waals surface area contributed by atoms with Crippen molar-refractivity contribution in [3.63, 3.8) is 0 Å². The number of aliphatic hydroxyl groups is 1. The van der Waals surface area contributed by atoms with Gasteiger partial charge in [0.05, 0.1) is 11.5 Å². The van der Waals surface area contributed by atoms with Crippen LogP contribution in [0.3, 0.4) is 0 Å². The normalized spacial score (nSPS) is 50.6. The van der Waals surface area contributed by atoms with E-state index >= 15 is 0 Å². The third kappa shape index (κ3) is 3.57. The van der Waals surface area contributed by atoms with E-state index in [1.54, 1.807) is 5.57 Å². The van der Waals surface area contributed by atoms with E-state index in [-0.39, 0.29) is 33.2 Å². The molecule has 0 aromatic rings. The van der Waals surface area contributed by atoms with Crippen LogP contribution >= 0.6 is 0 Å². The predicted molar refractivity (Wildman–Crippen MR) is 153 cm³/mol. The van der Waals surface area contributed by atoms with E-state index in [1.165, 1.54) is 19.3 Å². The van der Waals surface area contributed by atoms with Gasteiger partial charge in [-0.15, -0.1) is 0 Å². The Balaban J connectivity index is 1.61. The fourth-order valence-corrected chi connectivity index (χ4v) is 11.9. The van der Waals surface area contributed by atoms with Gasteiger partial charge in [-0.05, 0) is 123 Å². The maximum atomic E-state index is 14.3. The van der Waals surface area contributed by atoms with Crippen LogP contribution in [0.4, 0.5) is 0 Å².